The van der Waals surface area contributed by atoms with E-state index in [1.54, 1.807) is 12.1 Å². The molecule has 1 atom stereocenters. The Bertz CT molecular complexity index is 693. The summed E-state index contributed by atoms with van der Waals surface area (Å²) >= 11 is 3.25. The van der Waals surface area contributed by atoms with Crippen molar-refractivity contribution < 1.29 is 9.13 Å². The average molecular weight is 356 g/mol. The fourth-order valence-electron chi connectivity index (χ4n) is 1.59. The van der Waals surface area contributed by atoms with E-state index in [9.17, 15) is 14.3 Å². The molecule has 2 rings (SSSR count). The van der Waals surface area contributed by atoms with Crippen molar-refractivity contribution in [3.8, 4) is 0 Å². The van der Waals surface area contributed by atoms with Gasteiger partial charge in [-0.25, -0.2) is 0 Å². The van der Waals surface area contributed by atoms with Crippen molar-refractivity contribution in [3.05, 3.63) is 56.8 Å². The van der Waals surface area contributed by atoms with Crippen LogP contribution in [0.1, 0.15) is 5.56 Å². The second-order valence-electron chi connectivity index (χ2n) is 3.94. The smallest absolute Gasteiger partial charge is 0.270 e. The molecular formula is C12H10BrN3O3S. The van der Waals surface area contributed by atoms with Crippen LogP contribution in [0.4, 0.5) is 11.4 Å². The lowest BCUT2D eigenvalue weighted by Crippen LogP contribution is -2.02. The monoisotopic (exact) mass is 355 g/mol. The van der Waals surface area contributed by atoms with E-state index in [1.165, 1.54) is 24.5 Å². The first-order valence-corrected chi connectivity index (χ1v) is 7.61. The van der Waals surface area contributed by atoms with Gasteiger partial charge in [0.1, 0.15) is 0 Å². The fraction of sp³-hybridized carbons (Fsp3) is 0.0833. The predicted octanol–water partition coefficient (Wildman–Crippen LogP) is 2.64. The Morgan fingerprint density at radius 2 is 2.15 bits per heavy atom. The molecule has 0 aliphatic heterocycles. The molecule has 0 aliphatic carbocycles. The largest absolute Gasteiger partial charge is 0.396 e. The van der Waals surface area contributed by atoms with E-state index >= 15 is 0 Å². The maximum absolute atomic E-state index is 12.3. The van der Waals surface area contributed by atoms with E-state index < -0.39 is 15.7 Å². The highest BCUT2D eigenvalue weighted by atomic mass is 79.9. The van der Waals surface area contributed by atoms with Gasteiger partial charge in [-0.05, 0) is 11.6 Å². The predicted molar refractivity (Wildman–Crippen MR) is 79.6 cm³/mol. The number of benzene rings is 1. The molecule has 6 nitrogen and oxygen atoms in total. The molecular weight excluding hydrogens is 346 g/mol. The first-order chi connectivity index (χ1) is 9.49. The summed E-state index contributed by atoms with van der Waals surface area (Å²) in [4.78, 5) is 14.5. The normalized spacial score (nSPS) is 12.1. The van der Waals surface area contributed by atoms with Crippen LogP contribution in [0.15, 0.2) is 46.0 Å². The Balaban J connectivity index is 2.25. The summed E-state index contributed by atoms with van der Waals surface area (Å²) in [6, 6.07) is 5.96. The molecule has 0 spiro atoms. The quantitative estimate of drug-likeness (QED) is 0.671. The molecule has 1 aromatic heterocycles. The van der Waals surface area contributed by atoms with Gasteiger partial charge in [0, 0.05) is 22.8 Å². The lowest BCUT2D eigenvalue weighted by molar-refractivity contribution is -0.384. The van der Waals surface area contributed by atoms with Crippen LogP contribution in [0.25, 0.3) is 0 Å². The highest BCUT2D eigenvalue weighted by molar-refractivity contribution is 9.10. The van der Waals surface area contributed by atoms with Crippen molar-refractivity contribution in [2.75, 3.05) is 5.73 Å². The molecule has 0 amide bonds. The number of aromatic nitrogens is 1. The molecule has 0 bridgehead atoms. The highest BCUT2D eigenvalue weighted by Gasteiger charge is 2.13. The number of nitro benzene ring substituents is 1. The molecule has 1 unspecified atom stereocenters. The summed E-state index contributed by atoms with van der Waals surface area (Å²) in [7, 11) is -1.34. The number of halogens is 1. The van der Waals surface area contributed by atoms with Gasteiger partial charge >= 0.3 is 0 Å². The van der Waals surface area contributed by atoms with Gasteiger partial charge in [-0.1, -0.05) is 22.0 Å². The minimum Gasteiger partial charge on any atom is -0.396 e. The van der Waals surface area contributed by atoms with E-state index in [0.29, 0.717) is 20.6 Å². The van der Waals surface area contributed by atoms with Crippen molar-refractivity contribution in [3.63, 3.8) is 0 Å². The number of rotatable bonds is 4. The van der Waals surface area contributed by atoms with Crippen LogP contribution in [0.5, 0.6) is 0 Å². The van der Waals surface area contributed by atoms with E-state index in [4.69, 9.17) is 5.73 Å². The summed E-state index contributed by atoms with van der Waals surface area (Å²) in [5.41, 5.74) is 6.78. The second-order valence-corrected chi connectivity index (χ2v) is 6.21. The summed E-state index contributed by atoms with van der Waals surface area (Å²) in [5.74, 6) is 0.215. The molecule has 0 radical (unpaired) electrons. The van der Waals surface area contributed by atoms with Gasteiger partial charge in [0.25, 0.3) is 5.69 Å². The molecule has 0 saturated carbocycles. The Kier molecular flexibility index (Phi) is 4.46. The van der Waals surface area contributed by atoms with Gasteiger partial charge in [0.15, 0.2) is 0 Å². The van der Waals surface area contributed by atoms with Gasteiger partial charge in [0.05, 0.1) is 38.3 Å². The Hall–Kier alpha value is -1.80. The lowest BCUT2D eigenvalue weighted by atomic mass is 10.2. The van der Waals surface area contributed by atoms with Crippen molar-refractivity contribution in [2.24, 2.45) is 0 Å². The minimum absolute atomic E-state index is 0.0187. The Morgan fingerprint density at radius 1 is 1.40 bits per heavy atom. The summed E-state index contributed by atoms with van der Waals surface area (Å²) < 4.78 is 12.8. The Labute approximate surface area is 125 Å². The molecule has 0 fully saturated rings. The fourth-order valence-corrected chi connectivity index (χ4v) is 3.50. The number of hydrogen-bond acceptors (Lipinski definition) is 5. The third-order valence-corrected chi connectivity index (χ3v) is 4.76. The zero-order valence-corrected chi connectivity index (χ0v) is 12.6. The number of nitrogens with zero attached hydrogens (tertiary/aromatic N) is 2. The number of nitro groups is 1. The maximum Gasteiger partial charge on any atom is 0.270 e. The second kappa shape index (κ2) is 6.10. The van der Waals surface area contributed by atoms with Gasteiger partial charge in [-0.15, -0.1) is 0 Å². The first-order valence-electron chi connectivity index (χ1n) is 5.49. The SMILES string of the molecule is Nc1cnccc1S(=O)Cc1ccc([N+](=O)[O-])cc1Br. The minimum atomic E-state index is -1.34. The van der Waals surface area contributed by atoms with E-state index in [2.05, 4.69) is 20.9 Å². The summed E-state index contributed by atoms with van der Waals surface area (Å²) in [5, 5.41) is 10.7. The standard InChI is InChI=1S/C12H10BrN3O3S/c13-10-5-9(16(17)18)2-1-8(10)7-20(19)12-3-4-15-6-11(12)14/h1-6H,7,14H2. The maximum atomic E-state index is 12.3. The van der Waals surface area contributed by atoms with Crippen LogP contribution >= 0.6 is 15.9 Å². The van der Waals surface area contributed by atoms with Crippen LogP contribution in [0.3, 0.4) is 0 Å². The highest BCUT2D eigenvalue weighted by Crippen LogP contribution is 2.26. The lowest BCUT2D eigenvalue weighted by Gasteiger charge is -2.07. The van der Waals surface area contributed by atoms with Crippen molar-refractivity contribution >= 4 is 38.1 Å². The van der Waals surface area contributed by atoms with Crippen LogP contribution in [0, 0.1) is 10.1 Å². The van der Waals surface area contributed by atoms with Gasteiger partial charge in [-0.2, -0.15) is 0 Å². The van der Waals surface area contributed by atoms with Crippen LogP contribution < -0.4 is 5.73 Å². The topological polar surface area (TPSA) is 99.1 Å². The summed E-state index contributed by atoms with van der Waals surface area (Å²) in [6.45, 7) is 0. The number of hydrogen-bond donors (Lipinski definition) is 1. The number of pyridine rings is 1. The zero-order valence-electron chi connectivity index (χ0n) is 10.2. The van der Waals surface area contributed by atoms with Gasteiger partial charge < -0.3 is 5.73 Å². The third kappa shape index (κ3) is 3.20. The summed E-state index contributed by atoms with van der Waals surface area (Å²) in [6.07, 6.45) is 2.96. The molecule has 8 heteroatoms. The number of non-ortho nitro benzene ring substituents is 1. The molecule has 1 heterocycles. The molecule has 1 aromatic carbocycles. The van der Waals surface area contributed by atoms with E-state index in [-0.39, 0.29) is 11.4 Å². The van der Waals surface area contributed by atoms with Gasteiger partial charge in [0.2, 0.25) is 0 Å². The number of nitrogen functional groups attached to an aromatic ring is 1. The number of nitrogens with two attached hydrogens (primary N) is 1. The molecule has 0 aliphatic rings. The Morgan fingerprint density at radius 3 is 2.75 bits per heavy atom. The molecule has 20 heavy (non-hydrogen) atoms. The average Bonchev–Trinajstić information content (AvgIpc) is 2.41. The van der Waals surface area contributed by atoms with Crippen molar-refractivity contribution in [2.45, 2.75) is 10.6 Å². The van der Waals surface area contributed by atoms with Gasteiger partial charge in [-0.3, -0.25) is 19.3 Å². The van der Waals surface area contributed by atoms with Crippen molar-refractivity contribution in [1.29, 1.82) is 0 Å². The molecule has 2 N–H and O–H groups in total. The molecule has 2 aromatic rings. The molecule has 0 saturated heterocycles. The van der Waals surface area contributed by atoms with E-state index in [1.807, 2.05) is 0 Å². The molecule has 104 valence electrons. The van der Waals surface area contributed by atoms with Crippen LogP contribution in [0.2, 0.25) is 0 Å². The zero-order chi connectivity index (χ0) is 14.7. The van der Waals surface area contributed by atoms with Crippen LogP contribution in [-0.2, 0) is 16.6 Å². The number of anilines is 1. The van der Waals surface area contributed by atoms with Crippen molar-refractivity contribution in [1.82, 2.24) is 4.98 Å². The third-order valence-electron chi connectivity index (χ3n) is 2.59. The first kappa shape index (κ1) is 14.6. The van der Waals surface area contributed by atoms with E-state index in [0.717, 1.165) is 0 Å². The van der Waals surface area contributed by atoms with Crippen LogP contribution in [-0.4, -0.2) is 14.1 Å².